The summed E-state index contributed by atoms with van der Waals surface area (Å²) < 4.78 is 0. The highest BCUT2D eigenvalue weighted by Gasteiger charge is 2.26. The van der Waals surface area contributed by atoms with Gasteiger partial charge in [-0.15, -0.1) is 11.8 Å². The summed E-state index contributed by atoms with van der Waals surface area (Å²) in [6, 6.07) is 6.37. The first kappa shape index (κ1) is 8.82. The van der Waals surface area contributed by atoms with Gasteiger partial charge < -0.3 is 0 Å². The Kier molecular flexibility index (Phi) is 2.16. The van der Waals surface area contributed by atoms with Crippen LogP contribution in [0, 0.1) is 6.92 Å². The van der Waals surface area contributed by atoms with E-state index >= 15 is 0 Å². The Labute approximate surface area is 82.5 Å². The molecule has 0 radical (unpaired) electrons. The Bertz CT molecular complexity index is 357. The molecule has 0 bridgehead atoms. The largest absolute Gasteiger partial charge is 0.299 e. The number of Topliss-reactive ketones (excluding diaryl/α,β-unsaturated/α-hetero) is 1. The molecule has 1 aromatic carbocycles. The van der Waals surface area contributed by atoms with Gasteiger partial charge in [0.2, 0.25) is 0 Å². The zero-order valence-corrected chi connectivity index (χ0v) is 8.65. The summed E-state index contributed by atoms with van der Waals surface area (Å²) in [5, 5.41) is 0. The van der Waals surface area contributed by atoms with Gasteiger partial charge in [-0.05, 0) is 25.5 Å². The molecule has 1 aliphatic heterocycles. The lowest BCUT2D eigenvalue weighted by Crippen LogP contribution is -2.07. The summed E-state index contributed by atoms with van der Waals surface area (Å²) >= 11 is 1.79. The predicted octanol–water partition coefficient (Wildman–Crippen LogP) is 2.77. The van der Waals surface area contributed by atoms with Crippen LogP contribution < -0.4 is 0 Å². The summed E-state index contributed by atoms with van der Waals surface area (Å²) in [5.74, 6) is 1.35. The summed E-state index contributed by atoms with van der Waals surface area (Å²) in [5.41, 5.74) is 2.48. The van der Waals surface area contributed by atoms with Crippen LogP contribution in [0.2, 0.25) is 0 Å². The first-order chi connectivity index (χ1) is 6.18. The van der Waals surface area contributed by atoms with E-state index in [2.05, 4.69) is 25.1 Å². The second-order valence-corrected chi connectivity index (χ2v) is 4.58. The number of hydrogen-bond acceptors (Lipinski definition) is 2. The molecule has 1 nitrogen and oxygen atoms in total. The van der Waals surface area contributed by atoms with Gasteiger partial charge in [-0.2, -0.15) is 0 Å². The third kappa shape index (κ3) is 1.51. The topological polar surface area (TPSA) is 17.1 Å². The Hall–Kier alpha value is -0.760. The van der Waals surface area contributed by atoms with Crippen molar-refractivity contribution in [1.29, 1.82) is 0 Å². The number of thioether (sulfide) groups is 1. The van der Waals surface area contributed by atoms with Crippen LogP contribution in [-0.2, 0) is 4.79 Å². The molecule has 1 heterocycles. The minimum Gasteiger partial charge on any atom is -0.299 e. The highest BCUT2D eigenvalue weighted by Crippen LogP contribution is 2.40. The van der Waals surface area contributed by atoms with Crippen molar-refractivity contribution in [1.82, 2.24) is 0 Å². The van der Waals surface area contributed by atoms with Crippen LogP contribution in [-0.4, -0.2) is 11.5 Å². The smallest absolute Gasteiger partial charge is 0.138 e. The maximum atomic E-state index is 11.3. The van der Waals surface area contributed by atoms with E-state index in [1.54, 1.807) is 18.7 Å². The van der Waals surface area contributed by atoms with Crippen LogP contribution in [0.4, 0.5) is 0 Å². The first-order valence-corrected chi connectivity index (χ1v) is 5.41. The van der Waals surface area contributed by atoms with Crippen LogP contribution in [0.15, 0.2) is 23.1 Å². The van der Waals surface area contributed by atoms with Gasteiger partial charge in [0.1, 0.15) is 5.78 Å². The maximum absolute atomic E-state index is 11.3. The van der Waals surface area contributed by atoms with Crippen molar-refractivity contribution in [2.45, 2.75) is 24.7 Å². The van der Waals surface area contributed by atoms with Crippen molar-refractivity contribution >= 4 is 17.5 Å². The zero-order valence-electron chi connectivity index (χ0n) is 7.83. The Balaban J connectivity index is 2.46. The third-order valence-corrected chi connectivity index (χ3v) is 3.62. The Morgan fingerprint density at radius 2 is 2.31 bits per heavy atom. The Morgan fingerprint density at radius 1 is 1.54 bits per heavy atom. The van der Waals surface area contributed by atoms with Crippen LogP contribution in [0.5, 0.6) is 0 Å². The van der Waals surface area contributed by atoms with Gasteiger partial charge in [-0.1, -0.05) is 17.7 Å². The van der Waals surface area contributed by atoms with E-state index in [1.165, 1.54) is 16.0 Å². The average Bonchev–Trinajstić information content (AvgIpc) is 2.46. The molecule has 1 atom stereocenters. The second kappa shape index (κ2) is 3.18. The number of rotatable bonds is 1. The van der Waals surface area contributed by atoms with E-state index in [-0.39, 0.29) is 11.7 Å². The molecule has 0 fully saturated rings. The SMILES string of the molecule is CC(=O)C1CSc2ccc(C)cc21. The standard InChI is InChI=1S/C11H12OS/c1-7-3-4-11-9(5-7)10(6-13-11)8(2)12/h3-5,10H,6H2,1-2H3. The number of carbonyl (C=O) groups is 1. The molecule has 13 heavy (non-hydrogen) atoms. The molecule has 68 valence electrons. The third-order valence-electron chi connectivity index (χ3n) is 2.44. The van der Waals surface area contributed by atoms with Gasteiger partial charge in [0, 0.05) is 10.6 Å². The monoisotopic (exact) mass is 192 g/mol. The summed E-state index contributed by atoms with van der Waals surface area (Å²) in [6.45, 7) is 3.75. The number of ketones is 1. The van der Waals surface area contributed by atoms with Gasteiger partial charge in [0.25, 0.3) is 0 Å². The van der Waals surface area contributed by atoms with Crippen LogP contribution in [0.1, 0.15) is 24.0 Å². The zero-order chi connectivity index (χ0) is 9.42. The van der Waals surface area contributed by atoms with Gasteiger partial charge in [-0.25, -0.2) is 0 Å². The molecule has 2 heteroatoms. The molecule has 1 aromatic rings. The molecule has 1 aliphatic rings. The molecular weight excluding hydrogens is 180 g/mol. The van der Waals surface area contributed by atoms with Crippen LogP contribution >= 0.6 is 11.8 Å². The summed E-state index contributed by atoms with van der Waals surface area (Å²) in [4.78, 5) is 12.6. The van der Waals surface area contributed by atoms with Gasteiger partial charge >= 0.3 is 0 Å². The summed E-state index contributed by atoms with van der Waals surface area (Å²) in [7, 11) is 0. The van der Waals surface area contributed by atoms with Crippen LogP contribution in [0.25, 0.3) is 0 Å². The van der Waals surface area contributed by atoms with Crippen molar-refractivity contribution < 1.29 is 4.79 Å². The number of fused-ring (bicyclic) bond motifs is 1. The van der Waals surface area contributed by atoms with E-state index < -0.39 is 0 Å². The number of carbonyl (C=O) groups excluding carboxylic acids is 1. The highest BCUT2D eigenvalue weighted by molar-refractivity contribution is 7.99. The lowest BCUT2D eigenvalue weighted by atomic mass is 9.96. The first-order valence-electron chi connectivity index (χ1n) is 4.42. The van der Waals surface area contributed by atoms with E-state index in [1.807, 2.05) is 0 Å². The number of hydrogen-bond donors (Lipinski definition) is 0. The molecule has 2 rings (SSSR count). The highest BCUT2D eigenvalue weighted by atomic mass is 32.2. The van der Waals surface area contributed by atoms with E-state index in [0.717, 1.165) is 5.75 Å². The van der Waals surface area contributed by atoms with E-state index in [4.69, 9.17) is 0 Å². The van der Waals surface area contributed by atoms with Gasteiger partial charge in [0.15, 0.2) is 0 Å². The van der Waals surface area contributed by atoms with Crippen molar-refractivity contribution in [2.24, 2.45) is 0 Å². The van der Waals surface area contributed by atoms with Gasteiger partial charge in [-0.3, -0.25) is 4.79 Å². The molecule has 0 N–H and O–H groups in total. The van der Waals surface area contributed by atoms with E-state index in [9.17, 15) is 4.79 Å². The Morgan fingerprint density at radius 3 is 3.00 bits per heavy atom. The summed E-state index contributed by atoms with van der Waals surface area (Å²) in [6.07, 6.45) is 0. The lowest BCUT2D eigenvalue weighted by Gasteiger charge is -2.06. The molecule has 1 unspecified atom stereocenters. The van der Waals surface area contributed by atoms with Crippen molar-refractivity contribution in [2.75, 3.05) is 5.75 Å². The molecule has 0 aliphatic carbocycles. The minimum atomic E-state index is 0.139. The predicted molar refractivity (Wildman–Crippen MR) is 55.3 cm³/mol. The molecule has 0 amide bonds. The van der Waals surface area contributed by atoms with E-state index in [0.29, 0.717) is 0 Å². The molecule has 0 saturated carbocycles. The number of aryl methyl sites for hydroxylation is 1. The molecule has 0 aromatic heterocycles. The lowest BCUT2D eigenvalue weighted by molar-refractivity contribution is -0.117. The van der Waals surface area contributed by atoms with Crippen molar-refractivity contribution in [3.05, 3.63) is 29.3 Å². The quantitative estimate of drug-likeness (QED) is 0.680. The normalized spacial score (nSPS) is 20.0. The van der Waals surface area contributed by atoms with Gasteiger partial charge in [0.05, 0.1) is 5.92 Å². The van der Waals surface area contributed by atoms with Crippen LogP contribution in [0.3, 0.4) is 0 Å². The second-order valence-electron chi connectivity index (χ2n) is 3.52. The minimum absolute atomic E-state index is 0.139. The molecule has 0 saturated heterocycles. The van der Waals surface area contributed by atoms with Crippen molar-refractivity contribution in [3.8, 4) is 0 Å². The molecule has 0 spiro atoms. The maximum Gasteiger partial charge on any atom is 0.138 e. The number of benzene rings is 1. The fourth-order valence-electron chi connectivity index (χ4n) is 1.67. The fourth-order valence-corrected chi connectivity index (χ4v) is 2.96. The average molecular weight is 192 g/mol. The fraction of sp³-hybridized carbons (Fsp3) is 0.364. The van der Waals surface area contributed by atoms with Crippen molar-refractivity contribution in [3.63, 3.8) is 0 Å². The molecular formula is C11H12OS.